The van der Waals surface area contributed by atoms with Gasteiger partial charge in [-0.2, -0.15) is 5.10 Å². The van der Waals surface area contributed by atoms with Gasteiger partial charge in [-0.05, 0) is 43.1 Å². The van der Waals surface area contributed by atoms with E-state index >= 15 is 0 Å². The maximum absolute atomic E-state index is 12.2. The molecular formula is C13H16N4O2S. The average Bonchev–Trinajstić information content (AvgIpc) is 3.02. The van der Waals surface area contributed by atoms with Gasteiger partial charge in [0, 0.05) is 12.8 Å². The lowest BCUT2D eigenvalue weighted by molar-refractivity contribution is 0.187. The summed E-state index contributed by atoms with van der Waals surface area (Å²) < 4.78 is 7.36. The highest BCUT2D eigenvalue weighted by molar-refractivity contribution is 7.71. The van der Waals surface area contributed by atoms with Crippen molar-refractivity contribution >= 4 is 12.2 Å². The van der Waals surface area contributed by atoms with E-state index in [1.807, 2.05) is 6.07 Å². The normalized spacial score (nSPS) is 13.7. The molecule has 0 saturated heterocycles. The first-order valence-corrected chi connectivity index (χ1v) is 7.01. The number of aryl methyl sites for hydroxylation is 2. The minimum Gasteiger partial charge on any atom is -0.383 e. The molecule has 2 heterocycles. The van der Waals surface area contributed by atoms with Crippen LogP contribution in [0.2, 0.25) is 0 Å². The summed E-state index contributed by atoms with van der Waals surface area (Å²) in [7, 11) is 1.63. The summed E-state index contributed by atoms with van der Waals surface area (Å²) in [6.07, 6.45) is 3.04. The standard InChI is InChI=1S/C13H16N4O2S/c1-19-6-5-17-11(15-16-13(17)20)9-7-8-3-2-4-10(8)14-12(9)18/h7H,2-6H2,1H3,(H,14,18)(H,16,20). The molecule has 3 rings (SSSR count). The summed E-state index contributed by atoms with van der Waals surface area (Å²) in [5.74, 6) is 0.572. The van der Waals surface area contributed by atoms with Gasteiger partial charge in [-0.3, -0.25) is 14.5 Å². The molecule has 1 aliphatic rings. The molecule has 106 valence electrons. The minimum atomic E-state index is -0.113. The molecule has 6 nitrogen and oxygen atoms in total. The van der Waals surface area contributed by atoms with Gasteiger partial charge in [0.15, 0.2) is 10.6 Å². The molecule has 2 N–H and O–H groups in total. The van der Waals surface area contributed by atoms with E-state index < -0.39 is 0 Å². The van der Waals surface area contributed by atoms with Crippen molar-refractivity contribution in [1.29, 1.82) is 0 Å². The number of aromatic amines is 2. The fraction of sp³-hybridized carbons (Fsp3) is 0.462. The van der Waals surface area contributed by atoms with Crippen molar-refractivity contribution in [1.82, 2.24) is 19.7 Å². The average molecular weight is 292 g/mol. The van der Waals surface area contributed by atoms with Gasteiger partial charge in [-0.15, -0.1) is 0 Å². The van der Waals surface area contributed by atoms with E-state index in [2.05, 4.69) is 15.2 Å². The third-order valence-electron chi connectivity index (χ3n) is 3.61. The van der Waals surface area contributed by atoms with Gasteiger partial charge in [0.2, 0.25) is 0 Å². The third-order valence-corrected chi connectivity index (χ3v) is 3.92. The molecule has 0 saturated carbocycles. The molecule has 2 aromatic heterocycles. The highest BCUT2D eigenvalue weighted by Gasteiger charge is 2.18. The van der Waals surface area contributed by atoms with Crippen molar-refractivity contribution in [3.63, 3.8) is 0 Å². The van der Waals surface area contributed by atoms with Crippen molar-refractivity contribution in [2.75, 3.05) is 13.7 Å². The lowest BCUT2D eigenvalue weighted by atomic mass is 10.1. The van der Waals surface area contributed by atoms with Crippen LogP contribution in [0.25, 0.3) is 11.4 Å². The lowest BCUT2D eigenvalue weighted by Crippen LogP contribution is -2.15. The Labute approximate surface area is 120 Å². The first-order chi connectivity index (χ1) is 9.70. The van der Waals surface area contributed by atoms with Gasteiger partial charge in [0.1, 0.15) is 0 Å². The molecule has 0 amide bonds. The predicted molar refractivity (Wildman–Crippen MR) is 77.4 cm³/mol. The maximum Gasteiger partial charge on any atom is 0.259 e. The Morgan fingerprint density at radius 3 is 3.15 bits per heavy atom. The summed E-state index contributed by atoms with van der Waals surface area (Å²) in [4.78, 5) is 15.2. The lowest BCUT2D eigenvalue weighted by Gasteiger charge is -2.07. The van der Waals surface area contributed by atoms with Crippen LogP contribution < -0.4 is 5.56 Å². The van der Waals surface area contributed by atoms with E-state index in [4.69, 9.17) is 17.0 Å². The van der Waals surface area contributed by atoms with E-state index in [0.717, 1.165) is 25.0 Å². The van der Waals surface area contributed by atoms with Crippen LogP contribution in [-0.2, 0) is 24.1 Å². The van der Waals surface area contributed by atoms with Gasteiger partial charge in [0.05, 0.1) is 18.7 Å². The third kappa shape index (κ3) is 2.23. The number of fused-ring (bicyclic) bond motifs is 1. The monoisotopic (exact) mass is 292 g/mol. The van der Waals surface area contributed by atoms with Crippen LogP contribution in [0.5, 0.6) is 0 Å². The molecule has 0 atom stereocenters. The summed E-state index contributed by atoms with van der Waals surface area (Å²) in [6, 6.07) is 1.94. The number of ether oxygens (including phenoxy) is 1. The Morgan fingerprint density at radius 2 is 2.35 bits per heavy atom. The van der Waals surface area contributed by atoms with Gasteiger partial charge >= 0.3 is 0 Å². The summed E-state index contributed by atoms with van der Waals surface area (Å²) in [5, 5.41) is 6.94. The Morgan fingerprint density at radius 1 is 1.50 bits per heavy atom. The zero-order valence-corrected chi connectivity index (χ0v) is 12.0. The fourth-order valence-electron chi connectivity index (χ4n) is 2.59. The molecule has 2 aromatic rings. The van der Waals surface area contributed by atoms with E-state index in [1.165, 1.54) is 5.56 Å². The first-order valence-electron chi connectivity index (χ1n) is 6.60. The smallest absolute Gasteiger partial charge is 0.259 e. The second-order valence-corrected chi connectivity index (χ2v) is 5.25. The SMILES string of the molecule is COCCn1c(-c2cc3c([nH]c2=O)CCC3)n[nH]c1=S. The van der Waals surface area contributed by atoms with E-state index in [-0.39, 0.29) is 5.56 Å². The molecule has 7 heteroatoms. The minimum absolute atomic E-state index is 0.113. The second kappa shape index (κ2) is 5.34. The first kappa shape index (κ1) is 13.3. The van der Waals surface area contributed by atoms with Crippen molar-refractivity contribution < 1.29 is 4.74 Å². The highest BCUT2D eigenvalue weighted by atomic mass is 32.1. The Kier molecular flexibility index (Phi) is 3.54. The number of nitrogens with one attached hydrogen (secondary N) is 2. The van der Waals surface area contributed by atoms with Crippen molar-refractivity contribution in [3.8, 4) is 11.4 Å². The molecule has 0 spiro atoms. The van der Waals surface area contributed by atoms with E-state index in [0.29, 0.717) is 29.3 Å². The molecule has 0 bridgehead atoms. The van der Waals surface area contributed by atoms with Crippen LogP contribution in [0.3, 0.4) is 0 Å². The summed E-state index contributed by atoms with van der Waals surface area (Å²) in [5.41, 5.74) is 2.70. The van der Waals surface area contributed by atoms with Gasteiger partial charge in [-0.1, -0.05) is 0 Å². The Hall–Kier alpha value is -1.73. The number of methoxy groups -OCH3 is 1. The largest absolute Gasteiger partial charge is 0.383 e. The van der Waals surface area contributed by atoms with Crippen LogP contribution in [0.1, 0.15) is 17.7 Å². The Bertz CT molecular complexity index is 744. The predicted octanol–water partition coefficient (Wildman–Crippen LogP) is 1.43. The van der Waals surface area contributed by atoms with Crippen molar-refractivity contribution in [2.24, 2.45) is 0 Å². The number of H-pyrrole nitrogens is 2. The zero-order chi connectivity index (χ0) is 14.1. The number of hydrogen-bond acceptors (Lipinski definition) is 4. The molecule has 0 aromatic carbocycles. The molecule has 0 radical (unpaired) electrons. The number of nitrogens with zero attached hydrogens (tertiary/aromatic N) is 2. The topological polar surface area (TPSA) is 75.7 Å². The second-order valence-electron chi connectivity index (χ2n) is 4.87. The fourth-order valence-corrected chi connectivity index (χ4v) is 2.82. The van der Waals surface area contributed by atoms with E-state index in [1.54, 1.807) is 11.7 Å². The van der Waals surface area contributed by atoms with Crippen LogP contribution in [0.15, 0.2) is 10.9 Å². The molecule has 20 heavy (non-hydrogen) atoms. The molecule has 0 fully saturated rings. The van der Waals surface area contributed by atoms with Gasteiger partial charge in [-0.25, -0.2) is 0 Å². The van der Waals surface area contributed by atoms with Crippen molar-refractivity contribution in [3.05, 3.63) is 32.4 Å². The van der Waals surface area contributed by atoms with Crippen LogP contribution >= 0.6 is 12.2 Å². The number of pyridine rings is 1. The highest BCUT2D eigenvalue weighted by Crippen LogP contribution is 2.22. The maximum atomic E-state index is 12.2. The Balaban J connectivity index is 2.10. The molecule has 0 aliphatic heterocycles. The van der Waals surface area contributed by atoms with Crippen LogP contribution in [0, 0.1) is 4.77 Å². The zero-order valence-electron chi connectivity index (χ0n) is 11.2. The molecular weight excluding hydrogens is 276 g/mol. The van der Waals surface area contributed by atoms with E-state index in [9.17, 15) is 4.79 Å². The number of aromatic nitrogens is 4. The number of hydrogen-bond donors (Lipinski definition) is 2. The summed E-state index contributed by atoms with van der Waals surface area (Å²) in [6.45, 7) is 1.08. The summed E-state index contributed by atoms with van der Waals surface area (Å²) >= 11 is 5.21. The van der Waals surface area contributed by atoms with Gasteiger partial charge < -0.3 is 9.72 Å². The van der Waals surface area contributed by atoms with Gasteiger partial charge in [0.25, 0.3) is 5.56 Å². The van der Waals surface area contributed by atoms with Crippen LogP contribution in [-0.4, -0.2) is 33.5 Å². The molecule has 1 aliphatic carbocycles. The quantitative estimate of drug-likeness (QED) is 0.836. The molecule has 0 unspecified atom stereocenters. The number of rotatable bonds is 4. The van der Waals surface area contributed by atoms with Crippen molar-refractivity contribution in [2.45, 2.75) is 25.8 Å². The van der Waals surface area contributed by atoms with Crippen LogP contribution in [0.4, 0.5) is 0 Å².